The molecule has 2 aliphatic carbocycles. The maximum Gasteiger partial charge on any atom is 0.228 e. The summed E-state index contributed by atoms with van der Waals surface area (Å²) in [6.45, 7) is 3.19. The van der Waals surface area contributed by atoms with Gasteiger partial charge in [0, 0.05) is 47.6 Å². The van der Waals surface area contributed by atoms with E-state index in [1.807, 2.05) is 40.9 Å². The number of thioether (sulfide) groups is 1. The minimum atomic E-state index is -0.340. The molecule has 0 radical (unpaired) electrons. The molecule has 6 nitrogen and oxygen atoms in total. The third-order valence-corrected chi connectivity index (χ3v) is 7.40. The van der Waals surface area contributed by atoms with Crippen molar-refractivity contribution < 1.29 is 23.9 Å². The number of nitrogens with zero attached hydrogens (tertiary/aromatic N) is 1. The summed E-state index contributed by atoms with van der Waals surface area (Å²) in [4.78, 5) is 41.6. The predicted octanol–water partition coefficient (Wildman–Crippen LogP) is 2.88. The van der Waals surface area contributed by atoms with E-state index < -0.39 is 0 Å². The van der Waals surface area contributed by atoms with Gasteiger partial charge >= 0.3 is 0 Å². The van der Waals surface area contributed by atoms with Gasteiger partial charge in [-0.15, -0.1) is 0 Å². The van der Waals surface area contributed by atoms with Gasteiger partial charge in [-0.05, 0) is 30.9 Å². The van der Waals surface area contributed by atoms with Crippen molar-refractivity contribution in [2.45, 2.75) is 25.7 Å². The summed E-state index contributed by atoms with van der Waals surface area (Å²) in [6.07, 6.45) is 1.16. The Labute approximate surface area is 186 Å². The van der Waals surface area contributed by atoms with E-state index >= 15 is 0 Å². The van der Waals surface area contributed by atoms with Crippen LogP contribution in [0.15, 0.2) is 46.9 Å². The van der Waals surface area contributed by atoms with Crippen LogP contribution in [0, 0.1) is 5.92 Å². The van der Waals surface area contributed by atoms with Crippen LogP contribution in [0.3, 0.4) is 0 Å². The summed E-state index contributed by atoms with van der Waals surface area (Å²) in [5.74, 6) is 0.709. The van der Waals surface area contributed by atoms with Crippen molar-refractivity contribution in [3.63, 3.8) is 0 Å². The molecule has 1 aliphatic heterocycles. The number of carbonyl (C=O) groups is 3. The summed E-state index contributed by atoms with van der Waals surface area (Å²) in [5, 5.41) is 0. The molecule has 0 saturated carbocycles. The van der Waals surface area contributed by atoms with Gasteiger partial charge in [0.05, 0.1) is 14.2 Å². The summed E-state index contributed by atoms with van der Waals surface area (Å²) in [6, 6.07) is 7.91. The highest BCUT2D eigenvalue weighted by molar-refractivity contribution is 7.99. The average molecular weight is 442 g/mol. The van der Waals surface area contributed by atoms with E-state index in [4.69, 9.17) is 9.47 Å². The summed E-state index contributed by atoms with van der Waals surface area (Å²) >= 11 is 1.87. The van der Waals surface area contributed by atoms with Crippen LogP contribution in [0.5, 0.6) is 0 Å². The van der Waals surface area contributed by atoms with Crippen LogP contribution >= 0.6 is 11.8 Å². The molecule has 3 aliphatic rings. The zero-order chi connectivity index (χ0) is 22.1. The fraction of sp³-hybridized carbons (Fsp3) is 0.458. The van der Waals surface area contributed by atoms with Gasteiger partial charge in [0.2, 0.25) is 29.0 Å². The van der Waals surface area contributed by atoms with E-state index in [-0.39, 0.29) is 40.8 Å². The molecule has 1 heterocycles. The van der Waals surface area contributed by atoms with Gasteiger partial charge in [-0.2, -0.15) is 11.8 Å². The lowest BCUT2D eigenvalue weighted by molar-refractivity contribution is -0.135. The Balaban J connectivity index is 1.74. The number of hydrogen-bond donors (Lipinski definition) is 0. The van der Waals surface area contributed by atoms with Crippen molar-refractivity contribution in [1.82, 2.24) is 4.90 Å². The largest absolute Gasteiger partial charge is 0.489 e. The molecule has 1 amide bonds. The minimum absolute atomic E-state index is 0.0590. The van der Waals surface area contributed by atoms with Crippen molar-refractivity contribution in [2.24, 2.45) is 5.92 Å². The Morgan fingerprint density at radius 1 is 1.03 bits per heavy atom. The molecule has 0 bridgehead atoms. The normalized spacial score (nSPS) is 24.3. The molecule has 2 atom stereocenters. The highest BCUT2D eigenvalue weighted by atomic mass is 32.2. The van der Waals surface area contributed by atoms with Gasteiger partial charge in [-0.25, -0.2) is 0 Å². The summed E-state index contributed by atoms with van der Waals surface area (Å²) in [7, 11) is 2.73. The smallest absolute Gasteiger partial charge is 0.228 e. The van der Waals surface area contributed by atoms with Crippen molar-refractivity contribution in [1.29, 1.82) is 0 Å². The van der Waals surface area contributed by atoms with E-state index in [9.17, 15) is 14.4 Å². The predicted molar refractivity (Wildman–Crippen MR) is 119 cm³/mol. The lowest BCUT2D eigenvalue weighted by atomic mass is 9.70. The van der Waals surface area contributed by atoms with Gasteiger partial charge in [0.1, 0.15) is 0 Å². The molecule has 1 fully saturated rings. The van der Waals surface area contributed by atoms with Crippen molar-refractivity contribution in [2.75, 3.05) is 38.8 Å². The average Bonchev–Trinajstić information content (AvgIpc) is 2.81. The lowest BCUT2D eigenvalue weighted by Crippen LogP contribution is -2.44. The Morgan fingerprint density at radius 2 is 1.68 bits per heavy atom. The molecule has 31 heavy (non-hydrogen) atoms. The van der Waals surface area contributed by atoms with Crippen molar-refractivity contribution in [3.05, 3.63) is 58.1 Å². The molecule has 0 N–H and O–H groups in total. The van der Waals surface area contributed by atoms with Crippen LogP contribution in [0.2, 0.25) is 0 Å². The molecule has 1 aromatic rings. The topological polar surface area (TPSA) is 72.9 Å². The SMILES string of the molecule is COC1=C(OC)C(=O)C(C2CC(C(=O)N3CCSCC3)Cc3ccccc32)=C(C)C1=O. The lowest BCUT2D eigenvalue weighted by Gasteiger charge is -2.37. The first-order valence-electron chi connectivity index (χ1n) is 10.5. The number of carbonyl (C=O) groups excluding carboxylic acids is 3. The monoisotopic (exact) mass is 441 g/mol. The van der Waals surface area contributed by atoms with Gasteiger partial charge < -0.3 is 14.4 Å². The molecule has 164 valence electrons. The first-order valence-corrected chi connectivity index (χ1v) is 11.7. The molecule has 1 aromatic carbocycles. The Hall–Kier alpha value is -2.54. The molecule has 0 aromatic heterocycles. The van der Waals surface area contributed by atoms with Gasteiger partial charge in [-0.1, -0.05) is 24.3 Å². The van der Waals surface area contributed by atoms with Gasteiger partial charge in [0.25, 0.3) is 0 Å². The van der Waals surface area contributed by atoms with E-state index in [2.05, 4.69) is 0 Å². The van der Waals surface area contributed by atoms with E-state index in [0.29, 0.717) is 24.0 Å². The maximum absolute atomic E-state index is 13.4. The Bertz CT molecular complexity index is 989. The number of hydrogen-bond acceptors (Lipinski definition) is 6. The molecule has 7 heteroatoms. The molecular weight excluding hydrogens is 414 g/mol. The van der Waals surface area contributed by atoms with E-state index in [0.717, 1.165) is 35.7 Å². The van der Waals surface area contributed by atoms with Crippen LogP contribution in [0.4, 0.5) is 0 Å². The second-order valence-corrected chi connectivity index (χ2v) is 9.31. The fourth-order valence-electron chi connectivity index (χ4n) is 4.91. The quantitative estimate of drug-likeness (QED) is 0.669. The van der Waals surface area contributed by atoms with Gasteiger partial charge in [0.15, 0.2) is 0 Å². The third kappa shape index (κ3) is 3.80. The number of methoxy groups -OCH3 is 2. The number of ketones is 2. The number of rotatable bonds is 4. The van der Waals surface area contributed by atoms with E-state index in [1.54, 1.807) is 6.92 Å². The zero-order valence-corrected chi connectivity index (χ0v) is 18.9. The number of amides is 1. The molecular formula is C24H27NO5S. The molecule has 1 saturated heterocycles. The number of ether oxygens (including phenoxy) is 2. The molecule has 0 spiro atoms. The highest BCUT2D eigenvalue weighted by Gasteiger charge is 2.42. The molecule has 2 unspecified atom stereocenters. The van der Waals surface area contributed by atoms with Crippen LogP contribution in [-0.2, 0) is 30.3 Å². The fourth-order valence-corrected chi connectivity index (χ4v) is 5.81. The van der Waals surface area contributed by atoms with Crippen LogP contribution < -0.4 is 0 Å². The Kier molecular flexibility index (Phi) is 6.23. The number of allylic oxidation sites excluding steroid dienone is 2. The van der Waals surface area contributed by atoms with Crippen LogP contribution in [0.25, 0.3) is 0 Å². The number of benzene rings is 1. The standard InChI is InChI=1S/C24H27NO5S/c1-14-19(21(27)23(30-3)22(29-2)20(14)26)18-13-16(12-15-6-4-5-7-17(15)18)24(28)25-8-10-31-11-9-25/h4-7,16,18H,8-13H2,1-3H3. The van der Waals surface area contributed by atoms with Crippen molar-refractivity contribution >= 4 is 29.2 Å². The van der Waals surface area contributed by atoms with E-state index in [1.165, 1.54) is 14.2 Å². The first-order chi connectivity index (χ1) is 15.0. The minimum Gasteiger partial charge on any atom is -0.489 e. The highest BCUT2D eigenvalue weighted by Crippen LogP contribution is 2.44. The summed E-state index contributed by atoms with van der Waals surface area (Å²) < 4.78 is 10.5. The van der Waals surface area contributed by atoms with Crippen LogP contribution in [-0.4, -0.2) is 61.2 Å². The second-order valence-electron chi connectivity index (χ2n) is 8.09. The maximum atomic E-state index is 13.4. The number of Topliss-reactive ketones (excluding diaryl/α,β-unsaturated/α-hetero) is 2. The third-order valence-electron chi connectivity index (χ3n) is 6.45. The zero-order valence-electron chi connectivity index (χ0n) is 18.1. The Morgan fingerprint density at radius 3 is 2.35 bits per heavy atom. The van der Waals surface area contributed by atoms with Crippen LogP contribution in [0.1, 0.15) is 30.4 Å². The number of fused-ring (bicyclic) bond motifs is 1. The van der Waals surface area contributed by atoms with Gasteiger partial charge in [-0.3, -0.25) is 14.4 Å². The molecule has 4 rings (SSSR count). The first kappa shape index (κ1) is 21.7. The second kappa shape index (κ2) is 8.91. The van der Waals surface area contributed by atoms with Crippen molar-refractivity contribution in [3.8, 4) is 0 Å². The summed E-state index contributed by atoms with van der Waals surface area (Å²) in [5.41, 5.74) is 2.85.